The van der Waals surface area contributed by atoms with Crippen LogP contribution in [-0.2, 0) is 4.74 Å². The molecule has 5 nitrogen and oxygen atoms in total. The van der Waals surface area contributed by atoms with Crippen LogP contribution in [-0.4, -0.2) is 24.0 Å². The highest BCUT2D eigenvalue weighted by molar-refractivity contribution is 5.97. The normalized spacial score (nSPS) is 13.5. The number of unbranched alkanes of at least 4 members (excludes halogenated alkanes) is 3. The Balaban J connectivity index is 2.38. The van der Waals surface area contributed by atoms with Crippen LogP contribution in [0.2, 0.25) is 0 Å². The molecule has 0 spiro atoms. The van der Waals surface area contributed by atoms with Crippen molar-refractivity contribution >= 4 is 11.5 Å². The summed E-state index contributed by atoms with van der Waals surface area (Å²) in [7, 11) is 0. The predicted octanol–water partition coefficient (Wildman–Crippen LogP) is 1.85. The summed E-state index contributed by atoms with van der Waals surface area (Å²) in [5, 5.41) is 9.58. The van der Waals surface area contributed by atoms with Gasteiger partial charge in [-0.05, 0) is 30.7 Å². The van der Waals surface area contributed by atoms with Gasteiger partial charge >= 0.3 is 0 Å². The number of nitrogen functional groups attached to an aromatic ring is 1. The van der Waals surface area contributed by atoms with E-state index in [0.717, 1.165) is 12.8 Å². The number of rotatable bonds is 8. The predicted molar refractivity (Wildman–Crippen MR) is 77.7 cm³/mol. The minimum absolute atomic E-state index is 0.237. The second-order valence-electron chi connectivity index (χ2n) is 4.39. The molecule has 1 aromatic rings. The van der Waals surface area contributed by atoms with Crippen LogP contribution in [0.3, 0.4) is 0 Å². The number of hydrogen-bond acceptors (Lipinski definition) is 4. The third-order valence-electron chi connectivity index (χ3n) is 2.72. The number of anilines is 1. The topological polar surface area (TPSA) is 93.9 Å². The van der Waals surface area contributed by atoms with E-state index in [2.05, 4.69) is 11.9 Å². The molecule has 0 aliphatic heterocycles. The van der Waals surface area contributed by atoms with Crippen LogP contribution in [0.1, 0.15) is 38.2 Å². The van der Waals surface area contributed by atoms with Crippen LogP contribution in [0.15, 0.2) is 29.3 Å². The van der Waals surface area contributed by atoms with Crippen molar-refractivity contribution in [2.24, 2.45) is 10.7 Å². The second kappa shape index (κ2) is 8.50. The zero-order valence-electron chi connectivity index (χ0n) is 11.4. The summed E-state index contributed by atoms with van der Waals surface area (Å²) in [6.07, 6.45) is 3.16. The number of aliphatic hydroxyl groups is 1. The molecule has 106 valence electrons. The van der Waals surface area contributed by atoms with Crippen LogP contribution >= 0.6 is 0 Å². The summed E-state index contributed by atoms with van der Waals surface area (Å²) >= 11 is 0. The van der Waals surface area contributed by atoms with Crippen LogP contribution in [0.25, 0.3) is 0 Å². The fraction of sp³-hybridized carbons (Fsp3) is 0.500. The standard InChI is InChI=1S/C14H23N3O2/c1-2-3-4-5-10-19-14(18)17-13(16)11-6-8-12(15)9-7-11/h6-9,14,18H,2-5,10,15H2,1H3,(H2,16,17). The first-order valence-corrected chi connectivity index (χ1v) is 6.62. The van der Waals surface area contributed by atoms with Crippen molar-refractivity contribution in [3.8, 4) is 0 Å². The molecule has 1 rings (SSSR count). The molecule has 0 aliphatic rings. The molecule has 0 radical (unpaired) electrons. The second-order valence-corrected chi connectivity index (χ2v) is 4.39. The Morgan fingerprint density at radius 3 is 2.58 bits per heavy atom. The lowest BCUT2D eigenvalue weighted by Gasteiger charge is -2.09. The van der Waals surface area contributed by atoms with Gasteiger partial charge in [0.05, 0.1) is 6.61 Å². The van der Waals surface area contributed by atoms with Gasteiger partial charge in [-0.3, -0.25) is 0 Å². The fourth-order valence-electron chi connectivity index (χ4n) is 1.60. The Morgan fingerprint density at radius 1 is 1.26 bits per heavy atom. The maximum Gasteiger partial charge on any atom is 0.257 e. The van der Waals surface area contributed by atoms with E-state index in [1.54, 1.807) is 24.3 Å². The number of hydrogen-bond donors (Lipinski definition) is 3. The van der Waals surface area contributed by atoms with Crippen LogP contribution in [0, 0.1) is 0 Å². The van der Waals surface area contributed by atoms with Crippen molar-refractivity contribution in [2.75, 3.05) is 12.3 Å². The van der Waals surface area contributed by atoms with Gasteiger partial charge in [0.1, 0.15) is 5.84 Å². The first kappa shape index (κ1) is 15.5. The van der Waals surface area contributed by atoms with E-state index in [1.165, 1.54) is 12.8 Å². The highest BCUT2D eigenvalue weighted by Gasteiger charge is 2.04. The van der Waals surface area contributed by atoms with Crippen LogP contribution < -0.4 is 11.5 Å². The lowest BCUT2D eigenvalue weighted by atomic mass is 10.2. The van der Waals surface area contributed by atoms with E-state index >= 15 is 0 Å². The van der Waals surface area contributed by atoms with Gasteiger partial charge < -0.3 is 21.3 Å². The van der Waals surface area contributed by atoms with E-state index in [-0.39, 0.29) is 5.84 Å². The zero-order valence-corrected chi connectivity index (χ0v) is 11.4. The number of aliphatic hydroxyl groups excluding tert-OH is 1. The number of ether oxygens (including phenoxy) is 1. The molecule has 19 heavy (non-hydrogen) atoms. The van der Waals surface area contributed by atoms with Crippen molar-refractivity contribution < 1.29 is 9.84 Å². The average Bonchev–Trinajstić information content (AvgIpc) is 2.39. The molecule has 1 unspecified atom stereocenters. The van der Waals surface area contributed by atoms with E-state index < -0.39 is 6.41 Å². The lowest BCUT2D eigenvalue weighted by Crippen LogP contribution is -2.20. The SMILES string of the molecule is CCCCCCOC(O)N=C(N)c1ccc(N)cc1. The first-order chi connectivity index (χ1) is 9.13. The van der Waals surface area contributed by atoms with Crippen LogP contribution in [0.4, 0.5) is 5.69 Å². The van der Waals surface area contributed by atoms with Crippen molar-refractivity contribution in [1.82, 2.24) is 0 Å². The molecule has 0 bridgehead atoms. The largest absolute Gasteiger partial charge is 0.399 e. The van der Waals surface area contributed by atoms with Gasteiger partial charge in [0.2, 0.25) is 0 Å². The number of benzene rings is 1. The van der Waals surface area contributed by atoms with E-state index in [9.17, 15) is 5.11 Å². The quantitative estimate of drug-likeness (QED) is 0.220. The Labute approximate surface area is 114 Å². The van der Waals surface area contributed by atoms with Gasteiger partial charge in [0, 0.05) is 11.3 Å². The Morgan fingerprint density at radius 2 is 1.95 bits per heavy atom. The Kier molecular flexibility index (Phi) is 6.92. The minimum Gasteiger partial charge on any atom is -0.399 e. The summed E-state index contributed by atoms with van der Waals surface area (Å²) in [4.78, 5) is 3.88. The van der Waals surface area contributed by atoms with Crippen molar-refractivity contribution in [1.29, 1.82) is 0 Å². The third kappa shape index (κ3) is 6.22. The summed E-state index contributed by atoms with van der Waals surface area (Å²) in [5.41, 5.74) is 12.7. The molecular formula is C14H23N3O2. The molecule has 0 amide bonds. The maximum atomic E-state index is 9.58. The number of aliphatic imine (C=N–C) groups is 1. The number of nitrogens with zero attached hydrogens (tertiary/aromatic N) is 1. The molecular weight excluding hydrogens is 242 g/mol. The number of amidine groups is 1. The average molecular weight is 265 g/mol. The smallest absolute Gasteiger partial charge is 0.257 e. The summed E-state index contributed by atoms with van der Waals surface area (Å²) in [5.74, 6) is 0.237. The van der Waals surface area contributed by atoms with Gasteiger partial charge in [-0.25, -0.2) is 4.99 Å². The molecule has 0 saturated carbocycles. The maximum absolute atomic E-state index is 9.58. The first-order valence-electron chi connectivity index (χ1n) is 6.62. The fourth-order valence-corrected chi connectivity index (χ4v) is 1.60. The Bertz CT molecular complexity index is 390. The van der Waals surface area contributed by atoms with Gasteiger partial charge in [0.25, 0.3) is 6.41 Å². The Hall–Kier alpha value is -1.59. The summed E-state index contributed by atoms with van der Waals surface area (Å²) in [6, 6.07) is 6.97. The molecule has 1 aromatic carbocycles. The summed E-state index contributed by atoms with van der Waals surface area (Å²) < 4.78 is 5.17. The van der Waals surface area contributed by atoms with Gasteiger partial charge in [0.15, 0.2) is 0 Å². The minimum atomic E-state index is -1.21. The van der Waals surface area contributed by atoms with Crippen molar-refractivity contribution in [3.63, 3.8) is 0 Å². The summed E-state index contributed by atoms with van der Waals surface area (Å²) in [6.45, 7) is 2.63. The molecule has 0 saturated heterocycles. The van der Waals surface area contributed by atoms with E-state index in [4.69, 9.17) is 16.2 Å². The number of nitrogens with two attached hydrogens (primary N) is 2. The highest BCUT2D eigenvalue weighted by atomic mass is 16.6. The lowest BCUT2D eigenvalue weighted by molar-refractivity contribution is -0.0926. The molecule has 5 heteroatoms. The monoisotopic (exact) mass is 265 g/mol. The van der Waals surface area contributed by atoms with Gasteiger partial charge in [-0.2, -0.15) is 0 Å². The van der Waals surface area contributed by atoms with Crippen molar-refractivity contribution in [3.05, 3.63) is 29.8 Å². The highest BCUT2D eigenvalue weighted by Crippen LogP contribution is 2.06. The zero-order chi connectivity index (χ0) is 14.1. The van der Waals surface area contributed by atoms with E-state index in [1.807, 2.05) is 0 Å². The molecule has 0 heterocycles. The van der Waals surface area contributed by atoms with E-state index in [0.29, 0.717) is 17.9 Å². The van der Waals surface area contributed by atoms with Crippen LogP contribution in [0.5, 0.6) is 0 Å². The molecule has 1 atom stereocenters. The molecule has 0 aliphatic carbocycles. The van der Waals surface area contributed by atoms with Crippen molar-refractivity contribution in [2.45, 2.75) is 39.0 Å². The molecule has 0 fully saturated rings. The molecule has 5 N–H and O–H groups in total. The molecule has 0 aromatic heterocycles. The van der Waals surface area contributed by atoms with Gasteiger partial charge in [-0.1, -0.05) is 26.2 Å². The van der Waals surface area contributed by atoms with Gasteiger partial charge in [-0.15, -0.1) is 0 Å². The third-order valence-corrected chi connectivity index (χ3v) is 2.72.